The Balaban J connectivity index is 1.92. The first-order valence-corrected chi connectivity index (χ1v) is 8.70. The fourth-order valence-corrected chi connectivity index (χ4v) is 4.33. The lowest BCUT2D eigenvalue weighted by Gasteiger charge is -2.43. The second kappa shape index (κ2) is 7.22. The molecule has 6 heteroatoms. The Morgan fingerprint density at radius 1 is 1.16 bits per heavy atom. The number of rotatable bonds is 5. The molecule has 1 amide bonds. The van der Waals surface area contributed by atoms with Gasteiger partial charge >= 0.3 is 0 Å². The molecule has 0 spiro atoms. The van der Waals surface area contributed by atoms with Crippen molar-refractivity contribution in [1.29, 1.82) is 0 Å². The smallest absolute Gasteiger partial charge is 0.258 e. The number of carbonyl (C=O) groups excluding carboxylic acids is 1. The minimum atomic E-state index is -0.267. The lowest BCUT2D eigenvalue weighted by atomic mass is 9.79. The molecule has 0 unspecified atom stereocenters. The van der Waals surface area contributed by atoms with Gasteiger partial charge in [-0.2, -0.15) is 0 Å². The number of benzene rings is 1. The molecule has 3 atom stereocenters. The molecule has 3 rings (SSSR count). The topological polar surface area (TPSA) is 57.2 Å². The van der Waals surface area contributed by atoms with E-state index in [1.807, 2.05) is 11.0 Å². The summed E-state index contributed by atoms with van der Waals surface area (Å²) in [7, 11) is 6.61. The molecule has 1 saturated heterocycles. The summed E-state index contributed by atoms with van der Waals surface area (Å²) in [6, 6.07) is 5.40. The number of para-hydroxylation sites is 1. The molecule has 138 valence electrons. The standard InChI is InChI=1S/C19H27NO5/c1-22-13-8-9-19(25-4)10-11-20(16(19)12-13)18(21)14-6-5-7-15(23-2)17(14)24-3/h5-7,13,16H,8-12H2,1-4H3/t13-,16-,19+/m0/s1. The molecule has 1 aromatic rings. The van der Waals surface area contributed by atoms with Gasteiger partial charge in [-0.15, -0.1) is 0 Å². The molecule has 1 aromatic carbocycles. The van der Waals surface area contributed by atoms with Crippen LogP contribution in [0.1, 0.15) is 36.0 Å². The van der Waals surface area contributed by atoms with Gasteiger partial charge in [0.1, 0.15) is 0 Å². The normalized spacial score (nSPS) is 28.6. The molecule has 0 N–H and O–H groups in total. The Morgan fingerprint density at radius 2 is 1.96 bits per heavy atom. The van der Waals surface area contributed by atoms with Gasteiger partial charge in [-0.3, -0.25) is 4.79 Å². The lowest BCUT2D eigenvalue weighted by molar-refractivity contribution is -0.0893. The van der Waals surface area contributed by atoms with Gasteiger partial charge in [-0.25, -0.2) is 0 Å². The predicted molar refractivity (Wildman–Crippen MR) is 93.4 cm³/mol. The van der Waals surface area contributed by atoms with Crippen molar-refractivity contribution in [2.75, 3.05) is 35.0 Å². The summed E-state index contributed by atoms with van der Waals surface area (Å²) in [6.07, 6.45) is 3.68. The molecule has 2 fully saturated rings. The van der Waals surface area contributed by atoms with Crippen molar-refractivity contribution in [3.8, 4) is 11.5 Å². The van der Waals surface area contributed by atoms with Crippen molar-refractivity contribution in [1.82, 2.24) is 4.90 Å². The summed E-state index contributed by atoms with van der Waals surface area (Å²) >= 11 is 0. The van der Waals surface area contributed by atoms with Crippen molar-refractivity contribution >= 4 is 5.91 Å². The number of methoxy groups -OCH3 is 4. The van der Waals surface area contributed by atoms with E-state index in [9.17, 15) is 4.79 Å². The zero-order valence-corrected chi connectivity index (χ0v) is 15.4. The SMILES string of the molecule is COc1cccc(C(=O)N2CC[C@]3(OC)CC[C@H](OC)C[C@H]23)c1OC. The molecular formula is C19H27NO5. The maximum Gasteiger partial charge on any atom is 0.258 e. The first-order chi connectivity index (χ1) is 12.1. The lowest BCUT2D eigenvalue weighted by Crippen LogP contribution is -2.53. The Morgan fingerprint density at radius 3 is 2.60 bits per heavy atom. The van der Waals surface area contributed by atoms with Gasteiger partial charge in [0.15, 0.2) is 11.5 Å². The molecule has 0 radical (unpaired) electrons. The van der Waals surface area contributed by atoms with E-state index in [-0.39, 0.29) is 23.7 Å². The third-order valence-corrected chi connectivity index (χ3v) is 5.77. The van der Waals surface area contributed by atoms with Crippen LogP contribution in [-0.2, 0) is 9.47 Å². The number of amides is 1. The molecule has 1 aliphatic heterocycles. The predicted octanol–water partition coefficient (Wildman–Crippen LogP) is 2.50. The maximum absolute atomic E-state index is 13.3. The number of carbonyl (C=O) groups is 1. The fraction of sp³-hybridized carbons (Fsp3) is 0.632. The molecule has 0 bridgehead atoms. The van der Waals surface area contributed by atoms with Crippen molar-refractivity contribution in [2.45, 2.75) is 43.4 Å². The van der Waals surface area contributed by atoms with Crippen LogP contribution in [0.15, 0.2) is 18.2 Å². The van der Waals surface area contributed by atoms with Crippen molar-refractivity contribution in [3.05, 3.63) is 23.8 Å². The van der Waals surface area contributed by atoms with Crippen molar-refractivity contribution in [3.63, 3.8) is 0 Å². The van der Waals surface area contributed by atoms with Crippen LogP contribution in [0, 0.1) is 0 Å². The fourth-order valence-electron chi connectivity index (χ4n) is 4.33. The minimum Gasteiger partial charge on any atom is -0.493 e. The minimum absolute atomic E-state index is 0.0135. The van der Waals surface area contributed by atoms with E-state index in [0.717, 1.165) is 25.7 Å². The van der Waals surface area contributed by atoms with Crippen LogP contribution in [0.2, 0.25) is 0 Å². The Bertz CT molecular complexity index is 634. The highest BCUT2D eigenvalue weighted by molar-refractivity contribution is 5.98. The molecule has 1 heterocycles. The monoisotopic (exact) mass is 349 g/mol. The van der Waals surface area contributed by atoms with E-state index in [2.05, 4.69) is 0 Å². The summed E-state index contributed by atoms with van der Waals surface area (Å²) in [5.41, 5.74) is 0.254. The van der Waals surface area contributed by atoms with Crippen molar-refractivity contribution in [2.24, 2.45) is 0 Å². The molecule has 2 aliphatic rings. The Labute approximate surface area is 149 Å². The van der Waals surface area contributed by atoms with Gasteiger partial charge in [0, 0.05) is 20.8 Å². The number of hydrogen-bond acceptors (Lipinski definition) is 5. The van der Waals surface area contributed by atoms with E-state index >= 15 is 0 Å². The summed E-state index contributed by atoms with van der Waals surface area (Å²) in [5.74, 6) is 0.990. The van der Waals surface area contributed by atoms with E-state index < -0.39 is 0 Å². The molecule has 0 aromatic heterocycles. The van der Waals surface area contributed by atoms with E-state index in [1.54, 1.807) is 40.6 Å². The maximum atomic E-state index is 13.3. The molecule has 6 nitrogen and oxygen atoms in total. The zero-order chi connectivity index (χ0) is 18.0. The molecule has 1 aliphatic carbocycles. The van der Waals surface area contributed by atoms with Gasteiger partial charge in [0.05, 0.1) is 37.5 Å². The number of likely N-dealkylation sites (tertiary alicyclic amines) is 1. The number of fused-ring (bicyclic) bond motifs is 1. The first kappa shape index (κ1) is 18.0. The Kier molecular flexibility index (Phi) is 5.20. The second-order valence-corrected chi connectivity index (χ2v) is 6.71. The van der Waals surface area contributed by atoms with Crippen LogP contribution >= 0.6 is 0 Å². The van der Waals surface area contributed by atoms with Crippen LogP contribution in [0.5, 0.6) is 11.5 Å². The van der Waals surface area contributed by atoms with Crippen molar-refractivity contribution < 1.29 is 23.7 Å². The van der Waals surface area contributed by atoms with Gasteiger partial charge in [0.25, 0.3) is 5.91 Å². The summed E-state index contributed by atoms with van der Waals surface area (Å²) in [6.45, 7) is 0.675. The van der Waals surface area contributed by atoms with Crippen LogP contribution in [0.4, 0.5) is 0 Å². The number of hydrogen-bond donors (Lipinski definition) is 0. The quantitative estimate of drug-likeness (QED) is 0.817. The van der Waals surface area contributed by atoms with Gasteiger partial charge in [0.2, 0.25) is 0 Å². The van der Waals surface area contributed by atoms with Gasteiger partial charge in [-0.05, 0) is 37.8 Å². The number of ether oxygens (including phenoxy) is 4. The molecular weight excluding hydrogens is 322 g/mol. The highest BCUT2D eigenvalue weighted by atomic mass is 16.5. The molecule has 25 heavy (non-hydrogen) atoms. The zero-order valence-electron chi connectivity index (χ0n) is 15.4. The van der Waals surface area contributed by atoms with E-state index in [4.69, 9.17) is 18.9 Å². The summed E-state index contributed by atoms with van der Waals surface area (Å²) in [4.78, 5) is 15.2. The summed E-state index contributed by atoms with van der Waals surface area (Å²) in [5, 5.41) is 0. The van der Waals surface area contributed by atoms with E-state index in [1.165, 1.54) is 0 Å². The average Bonchev–Trinajstić information content (AvgIpc) is 3.05. The molecule has 1 saturated carbocycles. The third kappa shape index (κ3) is 2.98. The Hall–Kier alpha value is -1.79. The largest absolute Gasteiger partial charge is 0.493 e. The highest BCUT2D eigenvalue weighted by Crippen LogP contribution is 2.44. The third-order valence-electron chi connectivity index (χ3n) is 5.77. The van der Waals surface area contributed by atoms with E-state index in [0.29, 0.717) is 23.6 Å². The highest BCUT2D eigenvalue weighted by Gasteiger charge is 2.53. The van der Waals surface area contributed by atoms with Crippen LogP contribution in [0.25, 0.3) is 0 Å². The van der Waals surface area contributed by atoms with Crippen LogP contribution in [-0.4, -0.2) is 63.5 Å². The van der Waals surface area contributed by atoms with Crippen LogP contribution < -0.4 is 9.47 Å². The van der Waals surface area contributed by atoms with Gasteiger partial charge in [-0.1, -0.05) is 6.07 Å². The first-order valence-electron chi connectivity index (χ1n) is 8.70. The number of nitrogens with zero attached hydrogens (tertiary/aromatic N) is 1. The average molecular weight is 349 g/mol. The van der Waals surface area contributed by atoms with Crippen LogP contribution in [0.3, 0.4) is 0 Å². The summed E-state index contributed by atoms with van der Waals surface area (Å²) < 4.78 is 22.3. The van der Waals surface area contributed by atoms with Gasteiger partial charge < -0.3 is 23.8 Å². The second-order valence-electron chi connectivity index (χ2n) is 6.71.